The Morgan fingerprint density at radius 1 is 1.26 bits per heavy atom. The first kappa shape index (κ1) is 19.1. The SMILES string of the molecule is C=CCNC(CC(=O)OCC)C(=O)c1ccc(C(C)CC)cc1. The monoisotopic (exact) mass is 317 g/mol. The van der Waals surface area contributed by atoms with Crippen molar-refractivity contribution in [3.05, 3.63) is 48.0 Å². The highest BCUT2D eigenvalue weighted by Crippen LogP contribution is 2.19. The summed E-state index contributed by atoms with van der Waals surface area (Å²) in [6, 6.07) is 7.03. The maximum atomic E-state index is 12.6. The molecule has 0 radical (unpaired) electrons. The molecule has 0 saturated carbocycles. The van der Waals surface area contributed by atoms with Crippen LogP contribution in [0.5, 0.6) is 0 Å². The Labute approximate surface area is 138 Å². The van der Waals surface area contributed by atoms with Crippen molar-refractivity contribution in [1.29, 1.82) is 0 Å². The smallest absolute Gasteiger partial charge is 0.307 e. The number of ether oxygens (including phenoxy) is 1. The molecule has 0 spiro atoms. The third-order valence-electron chi connectivity index (χ3n) is 3.88. The summed E-state index contributed by atoms with van der Waals surface area (Å²) in [5.74, 6) is -0.0115. The maximum Gasteiger partial charge on any atom is 0.307 e. The lowest BCUT2D eigenvalue weighted by Crippen LogP contribution is -2.39. The predicted octanol–water partition coefficient (Wildman–Crippen LogP) is 3.48. The molecule has 0 fully saturated rings. The van der Waals surface area contributed by atoms with Crippen LogP contribution in [0.15, 0.2) is 36.9 Å². The zero-order valence-electron chi connectivity index (χ0n) is 14.3. The highest BCUT2D eigenvalue weighted by molar-refractivity contribution is 6.01. The van der Waals surface area contributed by atoms with Crippen molar-refractivity contribution in [3.63, 3.8) is 0 Å². The number of nitrogens with one attached hydrogen (secondary N) is 1. The van der Waals surface area contributed by atoms with Crippen LogP contribution in [0, 0.1) is 0 Å². The molecule has 1 aromatic rings. The molecule has 2 atom stereocenters. The van der Waals surface area contributed by atoms with E-state index in [0.29, 0.717) is 24.6 Å². The second-order valence-corrected chi connectivity index (χ2v) is 5.55. The summed E-state index contributed by atoms with van der Waals surface area (Å²) in [6.07, 6.45) is 2.74. The molecular weight excluding hydrogens is 290 g/mol. The maximum absolute atomic E-state index is 12.6. The van der Waals surface area contributed by atoms with E-state index in [1.54, 1.807) is 13.0 Å². The minimum Gasteiger partial charge on any atom is -0.466 e. The lowest BCUT2D eigenvalue weighted by Gasteiger charge is -2.17. The summed E-state index contributed by atoms with van der Waals surface area (Å²) >= 11 is 0. The van der Waals surface area contributed by atoms with Crippen LogP contribution in [0.3, 0.4) is 0 Å². The molecule has 4 heteroatoms. The van der Waals surface area contributed by atoms with Gasteiger partial charge in [0.15, 0.2) is 5.78 Å². The number of rotatable bonds is 10. The second kappa shape index (κ2) is 9.95. The highest BCUT2D eigenvalue weighted by atomic mass is 16.5. The number of carbonyl (C=O) groups is 2. The average molecular weight is 317 g/mol. The molecule has 0 bridgehead atoms. The summed E-state index contributed by atoms with van der Waals surface area (Å²) in [5, 5.41) is 3.04. The van der Waals surface area contributed by atoms with Gasteiger partial charge in [-0.1, -0.05) is 44.2 Å². The van der Waals surface area contributed by atoms with Crippen molar-refractivity contribution in [1.82, 2.24) is 5.32 Å². The number of ketones is 1. The van der Waals surface area contributed by atoms with Crippen LogP contribution >= 0.6 is 0 Å². The fraction of sp³-hybridized carbons (Fsp3) is 0.474. The highest BCUT2D eigenvalue weighted by Gasteiger charge is 2.23. The fourth-order valence-corrected chi connectivity index (χ4v) is 2.28. The van der Waals surface area contributed by atoms with Gasteiger partial charge in [-0.2, -0.15) is 0 Å². The van der Waals surface area contributed by atoms with Gasteiger partial charge in [-0.15, -0.1) is 6.58 Å². The predicted molar refractivity (Wildman–Crippen MR) is 92.7 cm³/mol. The molecule has 0 aromatic heterocycles. The molecule has 0 heterocycles. The number of carbonyl (C=O) groups excluding carboxylic acids is 2. The molecule has 126 valence electrons. The molecule has 23 heavy (non-hydrogen) atoms. The van der Waals surface area contributed by atoms with E-state index in [-0.39, 0.29) is 18.2 Å². The Balaban J connectivity index is 2.85. The molecule has 0 saturated heterocycles. The first-order valence-corrected chi connectivity index (χ1v) is 8.17. The standard InChI is InChI=1S/C19H27NO3/c1-5-12-20-17(13-18(21)23-7-3)19(22)16-10-8-15(9-11-16)14(4)6-2/h5,8-11,14,17,20H,1,6-7,12-13H2,2-4H3. The second-order valence-electron chi connectivity index (χ2n) is 5.55. The largest absolute Gasteiger partial charge is 0.466 e. The number of hydrogen-bond donors (Lipinski definition) is 1. The topological polar surface area (TPSA) is 55.4 Å². The summed E-state index contributed by atoms with van der Waals surface area (Å²) < 4.78 is 4.95. The van der Waals surface area contributed by atoms with E-state index in [9.17, 15) is 9.59 Å². The third-order valence-corrected chi connectivity index (χ3v) is 3.88. The molecule has 0 amide bonds. The minimum absolute atomic E-state index is 0.0215. The van der Waals surface area contributed by atoms with Gasteiger partial charge in [-0.05, 0) is 24.8 Å². The molecular formula is C19H27NO3. The Bertz CT molecular complexity index is 522. The average Bonchev–Trinajstić information content (AvgIpc) is 2.57. The van der Waals surface area contributed by atoms with Crippen molar-refractivity contribution < 1.29 is 14.3 Å². The van der Waals surface area contributed by atoms with E-state index >= 15 is 0 Å². The van der Waals surface area contributed by atoms with Crippen LogP contribution in [0.4, 0.5) is 0 Å². The number of hydrogen-bond acceptors (Lipinski definition) is 4. The number of benzene rings is 1. The van der Waals surface area contributed by atoms with Gasteiger partial charge >= 0.3 is 5.97 Å². The summed E-state index contributed by atoms with van der Waals surface area (Å²) in [4.78, 5) is 24.3. The molecule has 0 aliphatic heterocycles. The Morgan fingerprint density at radius 2 is 1.91 bits per heavy atom. The van der Waals surface area contributed by atoms with E-state index in [1.807, 2.05) is 24.3 Å². The van der Waals surface area contributed by atoms with Crippen LogP contribution in [0.25, 0.3) is 0 Å². The van der Waals surface area contributed by atoms with Gasteiger partial charge in [0.1, 0.15) is 0 Å². The van der Waals surface area contributed by atoms with Gasteiger partial charge in [0.05, 0.1) is 19.1 Å². The fourth-order valence-electron chi connectivity index (χ4n) is 2.28. The number of Topliss-reactive ketones (excluding diaryl/α,β-unsaturated/α-hetero) is 1. The van der Waals surface area contributed by atoms with E-state index in [2.05, 4.69) is 25.7 Å². The number of esters is 1. The van der Waals surface area contributed by atoms with Crippen molar-refractivity contribution >= 4 is 11.8 Å². The molecule has 1 N–H and O–H groups in total. The quantitative estimate of drug-likeness (QED) is 0.408. The first-order chi connectivity index (χ1) is 11.0. The normalized spacial score (nSPS) is 13.2. The van der Waals surface area contributed by atoms with Crippen molar-refractivity contribution in [2.24, 2.45) is 0 Å². The molecule has 1 rings (SSSR count). The Morgan fingerprint density at radius 3 is 2.43 bits per heavy atom. The molecule has 2 unspecified atom stereocenters. The van der Waals surface area contributed by atoms with E-state index < -0.39 is 6.04 Å². The van der Waals surface area contributed by atoms with Gasteiger partial charge in [-0.25, -0.2) is 0 Å². The van der Waals surface area contributed by atoms with Gasteiger partial charge in [0.2, 0.25) is 0 Å². The van der Waals surface area contributed by atoms with Gasteiger partial charge < -0.3 is 10.1 Å². The Kier molecular flexibility index (Phi) is 8.27. The van der Waals surface area contributed by atoms with Crippen molar-refractivity contribution in [2.45, 2.75) is 45.6 Å². The van der Waals surface area contributed by atoms with Crippen LogP contribution < -0.4 is 5.32 Å². The van der Waals surface area contributed by atoms with Crippen molar-refractivity contribution in [2.75, 3.05) is 13.2 Å². The summed E-state index contributed by atoms with van der Waals surface area (Å²) in [6.45, 7) is 10.4. The molecule has 0 aliphatic rings. The molecule has 4 nitrogen and oxygen atoms in total. The van der Waals surface area contributed by atoms with E-state index in [0.717, 1.165) is 6.42 Å². The van der Waals surface area contributed by atoms with Gasteiger partial charge in [0, 0.05) is 12.1 Å². The summed E-state index contributed by atoms with van der Waals surface area (Å²) in [5.41, 5.74) is 1.81. The van der Waals surface area contributed by atoms with E-state index in [4.69, 9.17) is 4.74 Å². The van der Waals surface area contributed by atoms with Gasteiger partial charge in [0.25, 0.3) is 0 Å². The third kappa shape index (κ3) is 5.99. The lowest BCUT2D eigenvalue weighted by atomic mass is 9.95. The summed E-state index contributed by atoms with van der Waals surface area (Å²) in [7, 11) is 0. The first-order valence-electron chi connectivity index (χ1n) is 8.17. The van der Waals surface area contributed by atoms with Crippen LogP contribution in [0.1, 0.15) is 55.5 Å². The zero-order chi connectivity index (χ0) is 17.2. The Hall–Kier alpha value is -1.94. The zero-order valence-corrected chi connectivity index (χ0v) is 14.3. The lowest BCUT2D eigenvalue weighted by molar-refractivity contribution is -0.143. The van der Waals surface area contributed by atoms with Crippen LogP contribution in [0.2, 0.25) is 0 Å². The van der Waals surface area contributed by atoms with Crippen molar-refractivity contribution in [3.8, 4) is 0 Å². The minimum atomic E-state index is -0.596. The van der Waals surface area contributed by atoms with Gasteiger partial charge in [-0.3, -0.25) is 9.59 Å². The molecule has 1 aromatic carbocycles. The van der Waals surface area contributed by atoms with Crippen LogP contribution in [-0.2, 0) is 9.53 Å². The van der Waals surface area contributed by atoms with E-state index in [1.165, 1.54) is 5.56 Å². The van der Waals surface area contributed by atoms with Crippen LogP contribution in [-0.4, -0.2) is 30.9 Å². The molecule has 0 aliphatic carbocycles.